The molecule has 1 aromatic carbocycles. The zero-order valence-electron chi connectivity index (χ0n) is 16.0. The Morgan fingerprint density at radius 1 is 1.26 bits per heavy atom. The first kappa shape index (κ1) is 21.3. The second-order valence-corrected chi connectivity index (χ2v) is 9.14. The molecule has 0 saturated carbocycles. The molecule has 31 heavy (non-hydrogen) atoms. The predicted molar refractivity (Wildman–Crippen MR) is 127 cm³/mol. The van der Waals surface area contributed by atoms with Crippen molar-refractivity contribution in [2.45, 2.75) is 6.92 Å². The van der Waals surface area contributed by atoms with Crippen molar-refractivity contribution in [1.29, 1.82) is 5.26 Å². The molecule has 0 aliphatic rings. The van der Waals surface area contributed by atoms with E-state index in [2.05, 4.69) is 16.4 Å². The van der Waals surface area contributed by atoms with E-state index in [1.165, 1.54) is 29.6 Å². The van der Waals surface area contributed by atoms with Crippen molar-refractivity contribution in [1.82, 2.24) is 4.98 Å². The summed E-state index contributed by atoms with van der Waals surface area (Å²) in [6.07, 6.45) is 1.61. The number of nitrogens with zero attached hydrogens (tertiary/aromatic N) is 2. The Morgan fingerprint density at radius 3 is 2.81 bits per heavy atom. The summed E-state index contributed by atoms with van der Waals surface area (Å²) >= 11 is 15.1. The van der Waals surface area contributed by atoms with Gasteiger partial charge in [0, 0.05) is 23.6 Å². The SMILES string of the molecule is CC(=O)Nc1sc(C(C#N)=Cc2ccc(-c3cc(Cl)ccc3Cl)o2)nc1-c1cccs1. The number of nitriles is 1. The van der Waals surface area contributed by atoms with E-state index in [1.54, 1.807) is 36.4 Å². The van der Waals surface area contributed by atoms with Crippen molar-refractivity contribution in [3.05, 3.63) is 68.7 Å². The van der Waals surface area contributed by atoms with Crippen LogP contribution in [-0.4, -0.2) is 10.9 Å². The van der Waals surface area contributed by atoms with Crippen molar-refractivity contribution in [3.63, 3.8) is 0 Å². The Hall–Kier alpha value is -2.89. The van der Waals surface area contributed by atoms with Gasteiger partial charge in [-0.15, -0.1) is 11.3 Å². The number of carbonyl (C=O) groups excluding carboxylic acids is 1. The van der Waals surface area contributed by atoms with Crippen molar-refractivity contribution < 1.29 is 9.21 Å². The van der Waals surface area contributed by atoms with E-state index in [9.17, 15) is 10.1 Å². The van der Waals surface area contributed by atoms with Gasteiger partial charge in [0.2, 0.25) is 5.91 Å². The minimum absolute atomic E-state index is 0.204. The number of carbonyl (C=O) groups is 1. The van der Waals surface area contributed by atoms with Gasteiger partial charge in [0.1, 0.15) is 33.3 Å². The monoisotopic (exact) mass is 485 g/mol. The van der Waals surface area contributed by atoms with Gasteiger partial charge in [-0.2, -0.15) is 5.26 Å². The molecule has 9 heteroatoms. The van der Waals surface area contributed by atoms with E-state index in [1.807, 2.05) is 17.5 Å². The van der Waals surface area contributed by atoms with Gasteiger partial charge < -0.3 is 9.73 Å². The standard InChI is InChI=1S/C22H13Cl2N3O2S2/c1-12(28)26-22-20(19-3-2-8-30-19)27-21(31-22)13(11-25)9-15-5-7-18(29-15)16-10-14(23)4-6-17(16)24/h2-10H,1H3,(H,26,28). The van der Waals surface area contributed by atoms with Gasteiger partial charge in [0.15, 0.2) is 0 Å². The Labute approximate surface area is 196 Å². The Morgan fingerprint density at radius 2 is 2.10 bits per heavy atom. The Bertz CT molecular complexity index is 1330. The second-order valence-electron chi connectivity index (χ2n) is 6.35. The van der Waals surface area contributed by atoms with Crippen LogP contribution in [-0.2, 0) is 4.79 Å². The number of furan rings is 1. The Kier molecular flexibility index (Phi) is 6.25. The predicted octanol–water partition coefficient (Wildman–Crippen LogP) is 7.46. The molecule has 4 rings (SSSR count). The number of allylic oxidation sites excluding steroid dienone is 1. The lowest BCUT2D eigenvalue weighted by atomic mass is 10.2. The summed E-state index contributed by atoms with van der Waals surface area (Å²) in [7, 11) is 0. The van der Waals surface area contributed by atoms with Gasteiger partial charge in [0.05, 0.1) is 15.5 Å². The van der Waals surface area contributed by atoms with Crippen LogP contribution < -0.4 is 5.32 Å². The van der Waals surface area contributed by atoms with E-state index in [0.717, 1.165) is 4.88 Å². The molecule has 3 heterocycles. The van der Waals surface area contributed by atoms with Crippen molar-refractivity contribution >= 4 is 68.4 Å². The van der Waals surface area contributed by atoms with Gasteiger partial charge >= 0.3 is 0 Å². The molecule has 0 fully saturated rings. The van der Waals surface area contributed by atoms with E-state index >= 15 is 0 Å². The van der Waals surface area contributed by atoms with Crippen LogP contribution >= 0.6 is 45.9 Å². The highest BCUT2D eigenvalue weighted by Gasteiger charge is 2.18. The molecule has 0 spiro atoms. The largest absolute Gasteiger partial charge is 0.457 e. The molecule has 1 N–H and O–H groups in total. The number of halogens is 2. The maximum Gasteiger partial charge on any atom is 0.221 e. The molecule has 0 bridgehead atoms. The number of nitrogens with one attached hydrogen (secondary N) is 1. The third-order valence-corrected chi connectivity index (χ3v) is 6.57. The topological polar surface area (TPSA) is 78.9 Å². The van der Waals surface area contributed by atoms with E-state index in [0.29, 0.717) is 48.4 Å². The molecular formula is C22H13Cl2N3O2S2. The molecule has 0 aliphatic carbocycles. The summed E-state index contributed by atoms with van der Waals surface area (Å²) in [5, 5.41) is 16.6. The van der Waals surface area contributed by atoms with Gasteiger partial charge in [0.25, 0.3) is 0 Å². The summed E-state index contributed by atoms with van der Waals surface area (Å²) in [4.78, 5) is 17.1. The van der Waals surface area contributed by atoms with Crippen LogP contribution in [0.3, 0.4) is 0 Å². The lowest BCUT2D eigenvalue weighted by molar-refractivity contribution is -0.114. The maximum absolute atomic E-state index is 11.6. The number of benzene rings is 1. The molecule has 0 aliphatic heterocycles. The lowest BCUT2D eigenvalue weighted by Crippen LogP contribution is -2.04. The van der Waals surface area contributed by atoms with Crippen molar-refractivity contribution in [3.8, 4) is 28.0 Å². The van der Waals surface area contributed by atoms with Crippen molar-refractivity contribution in [2.75, 3.05) is 5.32 Å². The fraction of sp³-hybridized carbons (Fsp3) is 0.0455. The fourth-order valence-corrected chi connectivity index (χ4v) is 4.97. The first-order chi connectivity index (χ1) is 14.9. The minimum atomic E-state index is -0.204. The van der Waals surface area contributed by atoms with Gasteiger partial charge in [-0.05, 0) is 41.8 Å². The molecule has 0 saturated heterocycles. The van der Waals surface area contributed by atoms with Gasteiger partial charge in [-0.3, -0.25) is 4.79 Å². The molecule has 0 unspecified atom stereocenters. The number of amides is 1. The zero-order chi connectivity index (χ0) is 22.0. The quantitative estimate of drug-likeness (QED) is 0.297. The summed E-state index contributed by atoms with van der Waals surface area (Å²) < 4.78 is 5.87. The van der Waals surface area contributed by atoms with Gasteiger partial charge in [-0.25, -0.2) is 4.98 Å². The molecule has 3 aromatic heterocycles. The minimum Gasteiger partial charge on any atom is -0.457 e. The van der Waals surface area contributed by atoms with Crippen LogP contribution in [0.4, 0.5) is 5.00 Å². The highest BCUT2D eigenvalue weighted by molar-refractivity contribution is 7.18. The van der Waals surface area contributed by atoms with E-state index in [4.69, 9.17) is 27.6 Å². The van der Waals surface area contributed by atoms with Crippen LogP contribution in [0.15, 0.2) is 52.3 Å². The normalized spacial score (nSPS) is 11.4. The highest BCUT2D eigenvalue weighted by atomic mass is 35.5. The van der Waals surface area contributed by atoms with Crippen molar-refractivity contribution in [2.24, 2.45) is 0 Å². The summed E-state index contributed by atoms with van der Waals surface area (Å²) in [6, 6.07) is 14.6. The zero-order valence-corrected chi connectivity index (χ0v) is 19.1. The fourth-order valence-electron chi connectivity index (χ4n) is 2.81. The molecule has 0 atom stereocenters. The summed E-state index contributed by atoms with van der Waals surface area (Å²) in [6.45, 7) is 1.43. The average Bonchev–Trinajstić information content (AvgIpc) is 3.48. The van der Waals surface area contributed by atoms with Crippen LogP contribution in [0, 0.1) is 11.3 Å². The molecule has 4 aromatic rings. The molecule has 0 radical (unpaired) electrons. The molecule has 5 nitrogen and oxygen atoms in total. The first-order valence-electron chi connectivity index (χ1n) is 8.94. The van der Waals surface area contributed by atoms with E-state index < -0.39 is 0 Å². The van der Waals surface area contributed by atoms with E-state index in [-0.39, 0.29) is 5.91 Å². The number of thiophene rings is 1. The van der Waals surface area contributed by atoms with Crippen LogP contribution in [0.2, 0.25) is 10.0 Å². The van der Waals surface area contributed by atoms with Crippen LogP contribution in [0.5, 0.6) is 0 Å². The number of rotatable bonds is 5. The number of aromatic nitrogens is 1. The van der Waals surface area contributed by atoms with Gasteiger partial charge in [-0.1, -0.05) is 40.6 Å². The summed E-state index contributed by atoms with van der Waals surface area (Å²) in [5.41, 5.74) is 1.61. The molecule has 1 amide bonds. The average molecular weight is 486 g/mol. The third kappa shape index (κ3) is 4.73. The number of hydrogen-bond donors (Lipinski definition) is 1. The summed E-state index contributed by atoms with van der Waals surface area (Å²) in [5.74, 6) is 0.800. The first-order valence-corrected chi connectivity index (χ1v) is 11.4. The highest BCUT2D eigenvalue weighted by Crippen LogP contribution is 2.39. The van der Waals surface area contributed by atoms with Crippen LogP contribution in [0.1, 0.15) is 17.7 Å². The van der Waals surface area contributed by atoms with Crippen LogP contribution in [0.25, 0.3) is 33.5 Å². The molecular weight excluding hydrogens is 473 g/mol. The second kappa shape index (κ2) is 9.08. The number of anilines is 1. The molecule has 154 valence electrons. The lowest BCUT2D eigenvalue weighted by Gasteiger charge is -2.01. The third-order valence-electron chi connectivity index (χ3n) is 4.13. The number of hydrogen-bond acceptors (Lipinski definition) is 6. The Balaban J connectivity index is 1.71. The number of thiazole rings is 1. The smallest absolute Gasteiger partial charge is 0.221 e. The maximum atomic E-state index is 11.6.